The van der Waals surface area contributed by atoms with Crippen molar-refractivity contribution in [2.45, 2.75) is 13.2 Å². The number of carbonyl (C=O) groups is 1. The van der Waals surface area contributed by atoms with Crippen LogP contribution in [0.4, 0.5) is 11.4 Å². The van der Waals surface area contributed by atoms with E-state index in [9.17, 15) is 4.79 Å². The molecule has 0 atom stereocenters. The number of hydrogen-bond donors (Lipinski definition) is 3. The topological polar surface area (TPSA) is 61.4 Å². The third-order valence-corrected chi connectivity index (χ3v) is 3.88. The lowest BCUT2D eigenvalue weighted by Gasteiger charge is -2.09. The summed E-state index contributed by atoms with van der Waals surface area (Å²) in [6, 6.07) is 24.6. The van der Waals surface area contributed by atoms with Gasteiger partial charge in [-0.1, -0.05) is 42.5 Å². The molecule has 0 aliphatic heterocycles. The molecule has 0 fully saturated rings. The van der Waals surface area contributed by atoms with E-state index < -0.39 is 0 Å². The molecule has 3 aromatic carbocycles. The normalized spacial score (nSPS) is 10.3. The summed E-state index contributed by atoms with van der Waals surface area (Å²) in [5.41, 5.74) is 4.37. The fraction of sp³-hybridized carbons (Fsp3) is 0.0952. The van der Waals surface area contributed by atoms with Crippen LogP contribution >= 0.6 is 0 Å². The Balaban J connectivity index is 1.57. The minimum atomic E-state index is -0.127. The van der Waals surface area contributed by atoms with E-state index >= 15 is 0 Å². The summed E-state index contributed by atoms with van der Waals surface area (Å²) in [5, 5.41) is 15.2. The van der Waals surface area contributed by atoms with Gasteiger partial charge in [-0.15, -0.1) is 0 Å². The molecular weight excluding hydrogens is 312 g/mol. The highest BCUT2D eigenvalue weighted by molar-refractivity contribution is 6.04. The molecule has 0 radical (unpaired) electrons. The lowest BCUT2D eigenvalue weighted by molar-refractivity contribution is 0.102. The van der Waals surface area contributed by atoms with Crippen LogP contribution in [0.3, 0.4) is 0 Å². The molecule has 0 unspecified atom stereocenters. The maximum absolute atomic E-state index is 12.2. The van der Waals surface area contributed by atoms with Crippen LogP contribution in [-0.4, -0.2) is 11.0 Å². The van der Waals surface area contributed by atoms with Crippen LogP contribution < -0.4 is 10.6 Å². The van der Waals surface area contributed by atoms with Gasteiger partial charge in [0.2, 0.25) is 0 Å². The van der Waals surface area contributed by atoms with Crippen molar-refractivity contribution in [3.63, 3.8) is 0 Å². The average Bonchev–Trinajstić information content (AvgIpc) is 2.68. The van der Waals surface area contributed by atoms with E-state index in [2.05, 4.69) is 10.6 Å². The number of rotatable bonds is 6. The van der Waals surface area contributed by atoms with E-state index in [1.54, 1.807) is 12.1 Å². The van der Waals surface area contributed by atoms with Crippen LogP contribution in [0, 0.1) is 0 Å². The Bertz CT molecular complexity index is 813. The van der Waals surface area contributed by atoms with Crippen LogP contribution in [0.1, 0.15) is 21.5 Å². The van der Waals surface area contributed by atoms with Crippen molar-refractivity contribution in [3.8, 4) is 0 Å². The molecule has 0 aliphatic carbocycles. The quantitative estimate of drug-likeness (QED) is 0.638. The monoisotopic (exact) mass is 332 g/mol. The van der Waals surface area contributed by atoms with Crippen molar-refractivity contribution in [2.75, 3.05) is 10.6 Å². The molecule has 25 heavy (non-hydrogen) atoms. The highest BCUT2D eigenvalue weighted by Gasteiger charge is 2.05. The van der Waals surface area contributed by atoms with Gasteiger partial charge < -0.3 is 15.7 Å². The molecule has 0 bridgehead atoms. The Hall–Kier alpha value is -3.11. The molecule has 0 aromatic heterocycles. The van der Waals surface area contributed by atoms with E-state index in [1.807, 2.05) is 66.7 Å². The summed E-state index contributed by atoms with van der Waals surface area (Å²) in [6.07, 6.45) is 0. The number of para-hydroxylation sites is 1. The van der Waals surface area contributed by atoms with Gasteiger partial charge in [0.05, 0.1) is 6.61 Å². The molecule has 126 valence electrons. The summed E-state index contributed by atoms with van der Waals surface area (Å²) in [7, 11) is 0. The molecule has 4 nitrogen and oxygen atoms in total. The molecule has 0 spiro atoms. The molecular formula is C21H20N2O2. The zero-order valence-corrected chi connectivity index (χ0v) is 13.8. The Morgan fingerprint density at radius 1 is 0.760 bits per heavy atom. The SMILES string of the molecule is O=C(Nc1ccccc1)c1ccc(NCc2ccc(CO)cc2)cc1. The van der Waals surface area contributed by atoms with E-state index in [0.717, 1.165) is 22.5 Å². The summed E-state index contributed by atoms with van der Waals surface area (Å²) >= 11 is 0. The number of amides is 1. The Morgan fingerprint density at radius 3 is 2.04 bits per heavy atom. The van der Waals surface area contributed by atoms with Gasteiger partial charge in [0, 0.05) is 23.5 Å². The van der Waals surface area contributed by atoms with Crippen molar-refractivity contribution in [1.82, 2.24) is 0 Å². The number of carbonyl (C=O) groups excluding carboxylic acids is 1. The smallest absolute Gasteiger partial charge is 0.255 e. The van der Waals surface area contributed by atoms with Crippen molar-refractivity contribution < 1.29 is 9.90 Å². The highest BCUT2D eigenvalue weighted by atomic mass is 16.3. The van der Waals surface area contributed by atoms with Crippen LogP contribution in [0.5, 0.6) is 0 Å². The molecule has 3 aromatic rings. The predicted octanol–water partition coefficient (Wildman–Crippen LogP) is 4.04. The first-order valence-corrected chi connectivity index (χ1v) is 8.13. The number of hydrogen-bond acceptors (Lipinski definition) is 3. The van der Waals surface area contributed by atoms with Gasteiger partial charge in [-0.3, -0.25) is 4.79 Å². The zero-order valence-electron chi connectivity index (χ0n) is 13.8. The van der Waals surface area contributed by atoms with Crippen molar-refractivity contribution >= 4 is 17.3 Å². The second-order valence-corrected chi connectivity index (χ2v) is 5.73. The predicted molar refractivity (Wildman–Crippen MR) is 101 cm³/mol. The maximum atomic E-state index is 12.2. The van der Waals surface area contributed by atoms with E-state index in [1.165, 1.54) is 0 Å². The lowest BCUT2D eigenvalue weighted by Crippen LogP contribution is -2.11. The number of nitrogens with one attached hydrogen (secondary N) is 2. The van der Waals surface area contributed by atoms with E-state index in [4.69, 9.17) is 5.11 Å². The second kappa shape index (κ2) is 8.13. The number of benzene rings is 3. The number of aliphatic hydroxyl groups is 1. The minimum Gasteiger partial charge on any atom is -0.392 e. The van der Waals surface area contributed by atoms with Crippen LogP contribution in [0.15, 0.2) is 78.9 Å². The molecule has 3 N–H and O–H groups in total. The first kappa shape index (κ1) is 16.7. The molecule has 4 heteroatoms. The van der Waals surface area contributed by atoms with E-state index in [0.29, 0.717) is 12.1 Å². The van der Waals surface area contributed by atoms with Crippen molar-refractivity contribution in [1.29, 1.82) is 0 Å². The molecule has 0 heterocycles. The Kier molecular flexibility index (Phi) is 5.44. The van der Waals surface area contributed by atoms with Crippen LogP contribution in [0.2, 0.25) is 0 Å². The van der Waals surface area contributed by atoms with Gasteiger partial charge in [0.1, 0.15) is 0 Å². The van der Waals surface area contributed by atoms with Crippen molar-refractivity contribution in [3.05, 3.63) is 95.6 Å². The summed E-state index contributed by atoms with van der Waals surface area (Å²) in [4.78, 5) is 12.2. The third-order valence-electron chi connectivity index (χ3n) is 3.88. The fourth-order valence-electron chi connectivity index (χ4n) is 2.43. The van der Waals surface area contributed by atoms with Crippen LogP contribution in [-0.2, 0) is 13.2 Å². The third kappa shape index (κ3) is 4.68. The fourth-order valence-corrected chi connectivity index (χ4v) is 2.43. The van der Waals surface area contributed by atoms with E-state index in [-0.39, 0.29) is 12.5 Å². The molecule has 1 amide bonds. The first-order chi connectivity index (χ1) is 12.2. The standard InChI is InChI=1S/C21H20N2O2/c24-15-17-8-6-16(7-9-17)14-22-19-12-10-18(11-13-19)21(25)23-20-4-2-1-3-5-20/h1-13,22,24H,14-15H2,(H,23,25). The number of aliphatic hydroxyl groups excluding tert-OH is 1. The molecule has 0 aliphatic rings. The molecule has 0 saturated carbocycles. The average molecular weight is 332 g/mol. The van der Waals surface area contributed by atoms with Gasteiger partial charge in [-0.05, 0) is 47.5 Å². The van der Waals surface area contributed by atoms with Crippen molar-refractivity contribution in [2.24, 2.45) is 0 Å². The van der Waals surface area contributed by atoms with Gasteiger partial charge in [-0.25, -0.2) is 0 Å². The zero-order chi connectivity index (χ0) is 17.5. The number of anilines is 2. The largest absolute Gasteiger partial charge is 0.392 e. The minimum absolute atomic E-state index is 0.0558. The van der Waals surface area contributed by atoms with Gasteiger partial charge in [0.25, 0.3) is 5.91 Å². The summed E-state index contributed by atoms with van der Waals surface area (Å²) < 4.78 is 0. The van der Waals surface area contributed by atoms with Gasteiger partial charge in [0.15, 0.2) is 0 Å². The maximum Gasteiger partial charge on any atom is 0.255 e. The second-order valence-electron chi connectivity index (χ2n) is 5.73. The Labute approximate surface area is 147 Å². The van der Waals surface area contributed by atoms with Crippen LogP contribution in [0.25, 0.3) is 0 Å². The van der Waals surface area contributed by atoms with Gasteiger partial charge >= 0.3 is 0 Å². The lowest BCUT2D eigenvalue weighted by atomic mass is 10.1. The molecule has 0 saturated heterocycles. The first-order valence-electron chi connectivity index (χ1n) is 8.13. The summed E-state index contributed by atoms with van der Waals surface area (Å²) in [6.45, 7) is 0.738. The van der Waals surface area contributed by atoms with Gasteiger partial charge in [-0.2, -0.15) is 0 Å². The Morgan fingerprint density at radius 2 is 1.40 bits per heavy atom. The highest BCUT2D eigenvalue weighted by Crippen LogP contribution is 2.14. The summed E-state index contributed by atoms with van der Waals surface area (Å²) in [5.74, 6) is -0.127. The molecule has 3 rings (SSSR count).